The van der Waals surface area contributed by atoms with Crippen molar-refractivity contribution in [2.75, 3.05) is 11.9 Å². The van der Waals surface area contributed by atoms with E-state index in [4.69, 9.17) is 4.74 Å². The van der Waals surface area contributed by atoms with Gasteiger partial charge in [-0.1, -0.05) is 37.5 Å². The molecule has 5 heteroatoms. The normalized spacial score (nSPS) is 15.0. The largest absolute Gasteiger partial charge is 0.489 e. The fraction of sp³-hybridized carbons (Fsp3) is 0.364. The summed E-state index contributed by atoms with van der Waals surface area (Å²) in [7, 11) is 0. The lowest BCUT2D eigenvalue weighted by atomic mass is 9.90. The number of pyridine rings is 1. The Bertz CT molecular complexity index is 913. The molecule has 0 radical (unpaired) electrons. The first kappa shape index (κ1) is 17.6. The number of carbonyl (C=O) groups is 1. The number of fused-ring (bicyclic) bond motifs is 1. The third kappa shape index (κ3) is 4.30. The highest BCUT2D eigenvalue weighted by Gasteiger charge is 2.16. The van der Waals surface area contributed by atoms with E-state index in [1.54, 1.807) is 6.20 Å². The smallest absolute Gasteiger partial charge is 0.230 e. The summed E-state index contributed by atoms with van der Waals surface area (Å²) in [5.41, 5.74) is 2.01. The summed E-state index contributed by atoms with van der Waals surface area (Å²) in [6.07, 6.45) is 10.2. The number of nitrogens with zero attached hydrogens (tertiary/aromatic N) is 1. The lowest BCUT2D eigenvalue weighted by molar-refractivity contribution is -0.115. The fourth-order valence-electron chi connectivity index (χ4n) is 3.79. The van der Waals surface area contributed by atoms with Crippen molar-refractivity contribution in [3.8, 4) is 5.75 Å². The molecular formula is C22H25N3O2. The highest BCUT2D eigenvalue weighted by molar-refractivity contribution is 5.95. The molecule has 2 aromatic heterocycles. The van der Waals surface area contributed by atoms with Crippen LogP contribution in [0.25, 0.3) is 10.9 Å². The number of carbonyl (C=O) groups excluding carboxylic acids is 1. The van der Waals surface area contributed by atoms with Crippen LogP contribution in [-0.4, -0.2) is 22.5 Å². The average molecular weight is 363 g/mol. The van der Waals surface area contributed by atoms with Gasteiger partial charge >= 0.3 is 0 Å². The number of para-hydroxylation sites is 1. The monoisotopic (exact) mass is 363 g/mol. The van der Waals surface area contributed by atoms with Crippen molar-refractivity contribution in [3.05, 3.63) is 54.4 Å². The van der Waals surface area contributed by atoms with Crippen molar-refractivity contribution in [1.29, 1.82) is 0 Å². The predicted molar refractivity (Wildman–Crippen MR) is 107 cm³/mol. The van der Waals surface area contributed by atoms with Crippen molar-refractivity contribution < 1.29 is 9.53 Å². The molecule has 1 aromatic carbocycles. The van der Waals surface area contributed by atoms with Gasteiger partial charge in [0.1, 0.15) is 0 Å². The Morgan fingerprint density at radius 3 is 2.89 bits per heavy atom. The van der Waals surface area contributed by atoms with Crippen LogP contribution in [0.2, 0.25) is 0 Å². The number of amides is 1. The third-order valence-corrected chi connectivity index (χ3v) is 5.25. The second-order valence-electron chi connectivity index (χ2n) is 7.25. The number of anilines is 1. The molecule has 1 aliphatic rings. The zero-order valence-corrected chi connectivity index (χ0v) is 15.4. The van der Waals surface area contributed by atoms with Crippen LogP contribution in [0, 0.1) is 5.92 Å². The maximum atomic E-state index is 12.6. The van der Waals surface area contributed by atoms with E-state index >= 15 is 0 Å². The number of hydrogen-bond acceptors (Lipinski definition) is 3. The summed E-state index contributed by atoms with van der Waals surface area (Å²) in [6.45, 7) is 0.691. The van der Waals surface area contributed by atoms with Crippen LogP contribution < -0.4 is 10.1 Å². The molecule has 0 aliphatic heterocycles. The number of ether oxygens (including phenoxy) is 1. The van der Waals surface area contributed by atoms with Gasteiger partial charge in [0, 0.05) is 23.3 Å². The third-order valence-electron chi connectivity index (χ3n) is 5.25. The van der Waals surface area contributed by atoms with Gasteiger partial charge in [0.25, 0.3) is 0 Å². The van der Waals surface area contributed by atoms with Crippen LogP contribution in [0.3, 0.4) is 0 Å². The van der Waals surface area contributed by atoms with E-state index in [1.807, 2.05) is 42.6 Å². The Kier molecular flexibility index (Phi) is 5.37. The molecule has 3 aromatic rings. The first-order valence-corrected chi connectivity index (χ1v) is 9.72. The number of aromatic amines is 1. The molecule has 0 atom stereocenters. The van der Waals surface area contributed by atoms with Crippen molar-refractivity contribution >= 4 is 22.6 Å². The van der Waals surface area contributed by atoms with Gasteiger partial charge in [-0.15, -0.1) is 0 Å². The molecule has 2 heterocycles. The molecule has 1 amide bonds. The minimum absolute atomic E-state index is 0.0963. The molecule has 1 fully saturated rings. The molecule has 1 aliphatic carbocycles. The Balaban J connectivity index is 1.40. The number of nitrogens with one attached hydrogen (secondary N) is 2. The van der Waals surface area contributed by atoms with E-state index in [0.29, 0.717) is 30.5 Å². The highest BCUT2D eigenvalue weighted by atomic mass is 16.5. The molecule has 1 saturated carbocycles. The summed E-state index contributed by atoms with van der Waals surface area (Å²) < 4.78 is 6.00. The van der Waals surface area contributed by atoms with Gasteiger partial charge in [-0.3, -0.25) is 4.79 Å². The maximum Gasteiger partial charge on any atom is 0.230 e. The van der Waals surface area contributed by atoms with Crippen LogP contribution in [0.1, 0.15) is 37.7 Å². The molecule has 140 valence electrons. The minimum Gasteiger partial charge on any atom is -0.489 e. The number of benzene rings is 1. The number of H-pyrrole nitrogens is 1. The van der Waals surface area contributed by atoms with Gasteiger partial charge in [0.2, 0.25) is 5.91 Å². The first-order valence-electron chi connectivity index (χ1n) is 9.72. The fourth-order valence-corrected chi connectivity index (χ4v) is 3.79. The lowest BCUT2D eigenvalue weighted by Crippen LogP contribution is -2.18. The van der Waals surface area contributed by atoms with E-state index in [0.717, 1.165) is 16.5 Å². The molecule has 27 heavy (non-hydrogen) atoms. The lowest BCUT2D eigenvalue weighted by Gasteiger charge is -2.22. The molecular weight excluding hydrogens is 338 g/mol. The number of hydrogen-bond donors (Lipinski definition) is 2. The molecule has 0 unspecified atom stereocenters. The summed E-state index contributed by atoms with van der Waals surface area (Å²) >= 11 is 0. The zero-order chi connectivity index (χ0) is 18.5. The number of rotatable bonds is 6. The topological polar surface area (TPSA) is 67.0 Å². The van der Waals surface area contributed by atoms with Crippen LogP contribution in [-0.2, 0) is 11.2 Å². The van der Waals surface area contributed by atoms with Crippen molar-refractivity contribution in [1.82, 2.24) is 9.97 Å². The summed E-state index contributed by atoms with van der Waals surface area (Å²) in [4.78, 5) is 20.1. The second-order valence-corrected chi connectivity index (χ2v) is 7.25. The van der Waals surface area contributed by atoms with E-state index in [2.05, 4.69) is 15.3 Å². The summed E-state index contributed by atoms with van der Waals surface area (Å²) in [5, 5.41) is 3.98. The Morgan fingerprint density at radius 1 is 1.15 bits per heavy atom. The molecule has 4 rings (SSSR count). The van der Waals surface area contributed by atoms with Gasteiger partial charge in [-0.25, -0.2) is 4.98 Å². The zero-order valence-electron chi connectivity index (χ0n) is 15.4. The molecule has 5 nitrogen and oxygen atoms in total. The van der Waals surface area contributed by atoms with Crippen LogP contribution in [0.5, 0.6) is 5.75 Å². The first-order chi connectivity index (χ1) is 13.3. The quantitative estimate of drug-likeness (QED) is 0.667. The van der Waals surface area contributed by atoms with E-state index < -0.39 is 0 Å². The average Bonchev–Trinajstić information content (AvgIpc) is 3.11. The van der Waals surface area contributed by atoms with Crippen LogP contribution >= 0.6 is 0 Å². The number of aromatic nitrogens is 2. The highest BCUT2D eigenvalue weighted by Crippen LogP contribution is 2.27. The molecule has 0 saturated heterocycles. The molecule has 0 bridgehead atoms. The predicted octanol–water partition coefficient (Wildman–Crippen LogP) is 4.70. The van der Waals surface area contributed by atoms with E-state index in [1.165, 1.54) is 32.1 Å². The van der Waals surface area contributed by atoms with Gasteiger partial charge in [0.15, 0.2) is 11.6 Å². The minimum atomic E-state index is -0.0963. The Labute approximate surface area is 159 Å². The Morgan fingerprint density at radius 2 is 2.00 bits per heavy atom. The summed E-state index contributed by atoms with van der Waals surface area (Å²) in [5.74, 6) is 1.66. The van der Waals surface area contributed by atoms with E-state index in [-0.39, 0.29) is 5.91 Å². The van der Waals surface area contributed by atoms with E-state index in [9.17, 15) is 4.79 Å². The Hall–Kier alpha value is -2.82. The molecule has 2 N–H and O–H groups in total. The van der Waals surface area contributed by atoms with Crippen LogP contribution in [0.15, 0.2) is 48.8 Å². The second kappa shape index (κ2) is 8.25. The molecule has 0 spiro atoms. The maximum absolute atomic E-state index is 12.6. The van der Waals surface area contributed by atoms with Gasteiger partial charge in [-0.05, 0) is 42.5 Å². The van der Waals surface area contributed by atoms with Gasteiger partial charge in [0.05, 0.1) is 13.0 Å². The SMILES string of the molecule is O=C(Cc1c[nH]c2ccccc12)Nc1ncccc1OCC1CCCCC1. The van der Waals surface area contributed by atoms with Crippen molar-refractivity contribution in [2.24, 2.45) is 5.92 Å². The van der Waals surface area contributed by atoms with Crippen molar-refractivity contribution in [2.45, 2.75) is 38.5 Å². The van der Waals surface area contributed by atoms with Crippen molar-refractivity contribution in [3.63, 3.8) is 0 Å². The van der Waals surface area contributed by atoms with Gasteiger partial charge in [-0.2, -0.15) is 0 Å². The van der Waals surface area contributed by atoms with Crippen LogP contribution in [0.4, 0.5) is 5.82 Å². The van der Waals surface area contributed by atoms with Gasteiger partial charge < -0.3 is 15.0 Å². The summed E-state index contributed by atoms with van der Waals surface area (Å²) in [6, 6.07) is 11.7. The standard InChI is InChI=1S/C22H25N3O2/c26-21(13-17-14-24-19-10-5-4-9-18(17)19)25-22-20(11-6-12-23-22)27-15-16-7-2-1-3-8-16/h4-6,9-12,14,16,24H,1-3,7-8,13,15H2,(H,23,25,26).